The van der Waals surface area contributed by atoms with Crippen molar-refractivity contribution in [2.75, 3.05) is 29.9 Å². The number of aliphatic hydroxyl groups excluding tert-OH is 1. The molecule has 7 heteroatoms. The summed E-state index contributed by atoms with van der Waals surface area (Å²) in [7, 11) is 0. The van der Waals surface area contributed by atoms with Gasteiger partial charge in [0, 0.05) is 19.6 Å². The van der Waals surface area contributed by atoms with Crippen molar-refractivity contribution in [1.29, 1.82) is 0 Å². The third-order valence-electron chi connectivity index (χ3n) is 3.68. The van der Waals surface area contributed by atoms with Crippen molar-refractivity contribution < 1.29 is 19.4 Å². The molecule has 0 aliphatic carbocycles. The molecule has 1 heterocycles. The van der Waals surface area contributed by atoms with E-state index in [2.05, 4.69) is 15.5 Å². The summed E-state index contributed by atoms with van der Waals surface area (Å²) < 4.78 is 5.73. The normalized spacial score (nSPS) is 21.9. The number of morpholine rings is 1. The molecule has 0 bridgehead atoms. The summed E-state index contributed by atoms with van der Waals surface area (Å²) in [5.74, 6) is -1.52. The molecule has 132 valence electrons. The summed E-state index contributed by atoms with van der Waals surface area (Å²) >= 11 is 0. The zero-order valence-corrected chi connectivity index (χ0v) is 14.3. The lowest BCUT2D eigenvalue weighted by Crippen LogP contribution is -2.46. The molecule has 0 unspecified atom stereocenters. The third kappa shape index (κ3) is 4.94. The number of amides is 2. The second-order valence-electron chi connectivity index (χ2n) is 6.19. The molecular weight excluding hydrogens is 310 g/mol. The van der Waals surface area contributed by atoms with Gasteiger partial charge in [-0.1, -0.05) is 12.1 Å². The molecule has 1 aromatic carbocycles. The van der Waals surface area contributed by atoms with E-state index >= 15 is 0 Å². The van der Waals surface area contributed by atoms with Crippen molar-refractivity contribution in [3.63, 3.8) is 0 Å². The average molecular weight is 335 g/mol. The summed E-state index contributed by atoms with van der Waals surface area (Å²) in [6, 6.07) is 7.37. The van der Waals surface area contributed by atoms with E-state index in [1.807, 2.05) is 26.0 Å². The molecule has 1 aliphatic heterocycles. The van der Waals surface area contributed by atoms with E-state index in [4.69, 9.17) is 4.74 Å². The van der Waals surface area contributed by atoms with E-state index in [1.165, 1.54) is 6.92 Å². The van der Waals surface area contributed by atoms with E-state index in [0.29, 0.717) is 18.8 Å². The van der Waals surface area contributed by atoms with Crippen LogP contribution in [0.25, 0.3) is 0 Å². The standard InChI is InChI=1S/C17H25N3O4/c1-11(21)8-18-16(22)17(23)19-14-6-4-5-7-15(14)20-9-12(2)24-13(3)10-20/h4-7,11-13,21H,8-10H2,1-3H3,(H,18,22)(H,19,23)/t11-,12-,13-/m0/s1. The van der Waals surface area contributed by atoms with E-state index < -0.39 is 17.9 Å². The van der Waals surface area contributed by atoms with Gasteiger partial charge >= 0.3 is 11.8 Å². The fourth-order valence-electron chi connectivity index (χ4n) is 2.73. The van der Waals surface area contributed by atoms with Gasteiger partial charge in [0.25, 0.3) is 0 Å². The average Bonchev–Trinajstić information content (AvgIpc) is 2.52. The predicted octanol–water partition coefficient (Wildman–Crippen LogP) is 0.736. The van der Waals surface area contributed by atoms with E-state index in [0.717, 1.165) is 5.69 Å². The van der Waals surface area contributed by atoms with Gasteiger partial charge in [-0.05, 0) is 32.9 Å². The minimum absolute atomic E-state index is 0.0341. The highest BCUT2D eigenvalue weighted by atomic mass is 16.5. The molecule has 2 amide bonds. The van der Waals surface area contributed by atoms with Crippen LogP contribution in [0, 0.1) is 0 Å². The Morgan fingerprint density at radius 1 is 1.25 bits per heavy atom. The van der Waals surface area contributed by atoms with E-state index in [-0.39, 0.29) is 18.8 Å². The van der Waals surface area contributed by atoms with Crippen LogP contribution in [0.1, 0.15) is 20.8 Å². The molecular formula is C17H25N3O4. The Bertz CT molecular complexity index is 581. The maximum Gasteiger partial charge on any atom is 0.313 e. The SMILES string of the molecule is C[C@H](O)CNC(=O)C(=O)Nc1ccccc1N1C[C@H](C)O[C@@H](C)C1. The Labute approximate surface area is 142 Å². The highest BCUT2D eigenvalue weighted by molar-refractivity contribution is 6.39. The van der Waals surface area contributed by atoms with Gasteiger partial charge in [-0.3, -0.25) is 9.59 Å². The van der Waals surface area contributed by atoms with Gasteiger partial charge in [-0.15, -0.1) is 0 Å². The molecule has 0 spiro atoms. The van der Waals surface area contributed by atoms with Gasteiger partial charge in [-0.2, -0.15) is 0 Å². The number of ether oxygens (including phenoxy) is 1. The molecule has 3 atom stereocenters. The molecule has 2 rings (SSSR count). The smallest absolute Gasteiger partial charge is 0.313 e. The second-order valence-corrected chi connectivity index (χ2v) is 6.19. The number of rotatable bonds is 4. The number of nitrogens with zero attached hydrogens (tertiary/aromatic N) is 1. The largest absolute Gasteiger partial charge is 0.392 e. The number of para-hydroxylation sites is 2. The van der Waals surface area contributed by atoms with Crippen LogP contribution in [0.15, 0.2) is 24.3 Å². The van der Waals surface area contributed by atoms with Gasteiger partial charge in [0.05, 0.1) is 29.7 Å². The molecule has 1 fully saturated rings. The Kier molecular flexibility index (Phi) is 6.16. The van der Waals surface area contributed by atoms with Gasteiger partial charge in [0.2, 0.25) is 0 Å². The Morgan fingerprint density at radius 2 is 1.88 bits per heavy atom. The molecule has 0 radical (unpaired) electrons. The number of carbonyl (C=O) groups is 2. The lowest BCUT2D eigenvalue weighted by molar-refractivity contribution is -0.136. The Morgan fingerprint density at radius 3 is 2.50 bits per heavy atom. The van der Waals surface area contributed by atoms with Crippen LogP contribution < -0.4 is 15.5 Å². The summed E-state index contributed by atoms with van der Waals surface area (Å²) in [5.41, 5.74) is 1.44. The van der Waals surface area contributed by atoms with Gasteiger partial charge < -0.3 is 25.4 Å². The number of nitrogens with one attached hydrogen (secondary N) is 2. The molecule has 1 aliphatic rings. The highest BCUT2D eigenvalue weighted by Crippen LogP contribution is 2.28. The number of hydrogen-bond acceptors (Lipinski definition) is 5. The molecule has 24 heavy (non-hydrogen) atoms. The zero-order valence-electron chi connectivity index (χ0n) is 14.3. The number of aliphatic hydroxyl groups is 1. The second kappa shape index (κ2) is 8.12. The topological polar surface area (TPSA) is 90.9 Å². The van der Waals surface area contributed by atoms with Crippen LogP contribution >= 0.6 is 0 Å². The number of carbonyl (C=O) groups excluding carboxylic acids is 2. The molecule has 3 N–H and O–H groups in total. The minimum atomic E-state index is -0.769. The van der Waals surface area contributed by atoms with Crippen molar-refractivity contribution in [3.05, 3.63) is 24.3 Å². The molecule has 0 aromatic heterocycles. The van der Waals surface area contributed by atoms with Crippen LogP contribution in [-0.4, -0.2) is 54.9 Å². The maximum atomic E-state index is 12.0. The zero-order chi connectivity index (χ0) is 17.7. The lowest BCUT2D eigenvalue weighted by Gasteiger charge is -2.37. The van der Waals surface area contributed by atoms with E-state index in [1.54, 1.807) is 12.1 Å². The first-order chi connectivity index (χ1) is 11.4. The molecule has 7 nitrogen and oxygen atoms in total. The molecule has 0 saturated carbocycles. The first-order valence-electron chi connectivity index (χ1n) is 8.13. The van der Waals surface area contributed by atoms with Crippen LogP contribution in [0.3, 0.4) is 0 Å². The highest BCUT2D eigenvalue weighted by Gasteiger charge is 2.25. The van der Waals surface area contributed by atoms with Crippen LogP contribution in [-0.2, 0) is 14.3 Å². The van der Waals surface area contributed by atoms with Crippen LogP contribution in [0.2, 0.25) is 0 Å². The van der Waals surface area contributed by atoms with Gasteiger partial charge in [0.15, 0.2) is 0 Å². The summed E-state index contributed by atoms with van der Waals surface area (Å²) in [4.78, 5) is 26.0. The number of hydrogen-bond donors (Lipinski definition) is 3. The van der Waals surface area contributed by atoms with Gasteiger partial charge in [0.1, 0.15) is 0 Å². The molecule has 1 aromatic rings. The van der Waals surface area contributed by atoms with Crippen molar-refractivity contribution in [2.24, 2.45) is 0 Å². The lowest BCUT2D eigenvalue weighted by atomic mass is 10.1. The summed E-state index contributed by atoms with van der Waals surface area (Å²) in [6.07, 6.45) is -0.524. The van der Waals surface area contributed by atoms with Crippen molar-refractivity contribution in [3.8, 4) is 0 Å². The fourth-order valence-corrected chi connectivity index (χ4v) is 2.73. The van der Waals surface area contributed by atoms with E-state index in [9.17, 15) is 14.7 Å². The monoisotopic (exact) mass is 335 g/mol. The van der Waals surface area contributed by atoms with Crippen molar-refractivity contribution >= 4 is 23.2 Å². The Balaban J connectivity index is 2.08. The Hall–Kier alpha value is -2.12. The third-order valence-corrected chi connectivity index (χ3v) is 3.68. The molecule has 1 saturated heterocycles. The van der Waals surface area contributed by atoms with Crippen molar-refractivity contribution in [1.82, 2.24) is 5.32 Å². The van der Waals surface area contributed by atoms with Crippen LogP contribution in [0.5, 0.6) is 0 Å². The first kappa shape index (κ1) is 18.2. The minimum Gasteiger partial charge on any atom is -0.392 e. The van der Waals surface area contributed by atoms with Crippen LogP contribution in [0.4, 0.5) is 11.4 Å². The van der Waals surface area contributed by atoms with Gasteiger partial charge in [-0.25, -0.2) is 0 Å². The maximum absolute atomic E-state index is 12.0. The number of anilines is 2. The fraction of sp³-hybridized carbons (Fsp3) is 0.529. The predicted molar refractivity (Wildman–Crippen MR) is 92.0 cm³/mol. The summed E-state index contributed by atoms with van der Waals surface area (Å²) in [6.45, 7) is 7.01. The summed E-state index contributed by atoms with van der Waals surface area (Å²) in [5, 5.41) is 14.2. The van der Waals surface area contributed by atoms with Crippen molar-refractivity contribution in [2.45, 2.75) is 39.1 Å². The first-order valence-corrected chi connectivity index (χ1v) is 8.13. The number of benzene rings is 1. The quantitative estimate of drug-likeness (QED) is 0.706.